The van der Waals surface area contributed by atoms with Crippen molar-refractivity contribution in [3.05, 3.63) is 120 Å². The number of benzene rings is 4. The van der Waals surface area contributed by atoms with Gasteiger partial charge in [-0.05, 0) is 85.6 Å². The molecule has 4 aromatic rings. The fourth-order valence-corrected chi connectivity index (χ4v) is 4.48. The van der Waals surface area contributed by atoms with Crippen LogP contribution in [0.1, 0.15) is 60.2 Å². The molecular weight excluding hydrogens is 524 g/mol. The number of ether oxygens (including phenoxy) is 2. The second-order valence-corrected chi connectivity index (χ2v) is 10.0. The molecule has 0 atom stereocenters. The van der Waals surface area contributed by atoms with Gasteiger partial charge in [0.1, 0.15) is 11.5 Å². The molecule has 6 heteroatoms. The van der Waals surface area contributed by atoms with Crippen LogP contribution < -0.4 is 19.3 Å². The molecule has 0 aromatic heterocycles. The number of rotatable bonds is 15. The molecule has 218 valence electrons. The largest absolute Gasteiger partial charge is 0.494 e. The molecule has 2 amide bonds. The van der Waals surface area contributed by atoms with Crippen molar-refractivity contribution < 1.29 is 19.1 Å². The number of anilines is 2. The fraction of sp³-hybridized carbons (Fsp3) is 0.278. The summed E-state index contributed by atoms with van der Waals surface area (Å²) in [6.07, 6.45) is 4.08. The Morgan fingerprint density at radius 2 is 0.881 bits per heavy atom. The van der Waals surface area contributed by atoms with Crippen LogP contribution in [0.5, 0.6) is 11.5 Å². The second-order valence-electron chi connectivity index (χ2n) is 10.0. The van der Waals surface area contributed by atoms with Gasteiger partial charge in [-0.1, -0.05) is 63.1 Å². The summed E-state index contributed by atoms with van der Waals surface area (Å²) in [5.74, 6) is 1.20. The van der Waals surface area contributed by atoms with E-state index in [1.807, 2.05) is 84.9 Å². The smallest absolute Gasteiger partial charge is 0.258 e. The van der Waals surface area contributed by atoms with Crippen LogP contribution in [0.3, 0.4) is 0 Å². The first-order valence-corrected chi connectivity index (χ1v) is 14.8. The Kier molecular flexibility index (Phi) is 11.6. The highest BCUT2D eigenvalue weighted by atomic mass is 16.5. The lowest BCUT2D eigenvalue weighted by Gasteiger charge is -2.28. The SMILES string of the molecule is CCCCOc1ccc(C(=O)N(CCN(C(=O)c2ccc(OCCCC)cc2)c2ccccc2)c2ccccc2)cc1. The molecule has 4 rings (SSSR count). The fourth-order valence-electron chi connectivity index (χ4n) is 4.48. The van der Waals surface area contributed by atoms with Crippen LogP contribution in [0.4, 0.5) is 11.4 Å². The molecule has 0 fully saturated rings. The van der Waals surface area contributed by atoms with Gasteiger partial charge >= 0.3 is 0 Å². The van der Waals surface area contributed by atoms with Crippen molar-refractivity contribution in [2.45, 2.75) is 39.5 Å². The highest BCUT2D eigenvalue weighted by Gasteiger charge is 2.23. The molecule has 0 aliphatic heterocycles. The molecule has 0 saturated heterocycles. The number of hydrogen-bond donors (Lipinski definition) is 0. The van der Waals surface area contributed by atoms with E-state index in [1.54, 1.807) is 34.1 Å². The van der Waals surface area contributed by atoms with Crippen molar-refractivity contribution in [1.29, 1.82) is 0 Å². The van der Waals surface area contributed by atoms with Gasteiger partial charge in [-0.3, -0.25) is 9.59 Å². The molecule has 0 saturated carbocycles. The van der Waals surface area contributed by atoms with E-state index in [9.17, 15) is 9.59 Å². The zero-order valence-electron chi connectivity index (χ0n) is 24.6. The Bertz CT molecular complexity index is 1260. The summed E-state index contributed by atoms with van der Waals surface area (Å²) >= 11 is 0. The number of unbranched alkanes of at least 4 members (excludes halogenated alkanes) is 2. The Morgan fingerprint density at radius 1 is 0.524 bits per heavy atom. The summed E-state index contributed by atoms with van der Waals surface area (Å²) in [7, 11) is 0. The standard InChI is InChI=1S/C36H40N2O4/c1-3-5-27-41-33-21-17-29(18-22-33)35(39)37(31-13-9-7-10-14-31)25-26-38(32-15-11-8-12-16-32)36(40)30-19-23-34(24-20-30)42-28-6-4-2/h7-24H,3-6,25-28H2,1-2H3. The lowest BCUT2D eigenvalue weighted by atomic mass is 10.1. The van der Waals surface area contributed by atoms with E-state index in [0.717, 1.165) is 48.6 Å². The van der Waals surface area contributed by atoms with E-state index >= 15 is 0 Å². The first-order valence-electron chi connectivity index (χ1n) is 14.8. The van der Waals surface area contributed by atoms with Crippen LogP contribution in [0.25, 0.3) is 0 Å². The quantitative estimate of drug-likeness (QED) is 0.137. The predicted octanol–water partition coefficient (Wildman–Crippen LogP) is 8.04. The first-order chi connectivity index (χ1) is 20.6. The lowest BCUT2D eigenvalue weighted by molar-refractivity contribution is 0.0968. The van der Waals surface area contributed by atoms with Gasteiger partial charge in [-0.15, -0.1) is 0 Å². The number of nitrogens with zero attached hydrogens (tertiary/aromatic N) is 2. The van der Waals surface area contributed by atoms with Crippen molar-refractivity contribution in [1.82, 2.24) is 0 Å². The van der Waals surface area contributed by atoms with Gasteiger partial charge < -0.3 is 19.3 Å². The zero-order valence-corrected chi connectivity index (χ0v) is 24.6. The van der Waals surface area contributed by atoms with Gasteiger partial charge in [-0.25, -0.2) is 0 Å². The summed E-state index contributed by atoms with van der Waals surface area (Å²) in [5.41, 5.74) is 2.63. The average Bonchev–Trinajstić information content (AvgIpc) is 3.04. The summed E-state index contributed by atoms with van der Waals surface area (Å²) in [5, 5.41) is 0. The van der Waals surface area contributed by atoms with Crippen LogP contribution in [-0.2, 0) is 0 Å². The monoisotopic (exact) mass is 564 g/mol. The van der Waals surface area contributed by atoms with Crippen LogP contribution >= 0.6 is 0 Å². The molecule has 0 radical (unpaired) electrons. The number of carbonyl (C=O) groups excluding carboxylic acids is 2. The maximum atomic E-state index is 13.8. The normalized spacial score (nSPS) is 10.6. The second kappa shape index (κ2) is 16.0. The van der Waals surface area contributed by atoms with E-state index in [0.29, 0.717) is 37.4 Å². The highest BCUT2D eigenvalue weighted by Crippen LogP contribution is 2.23. The van der Waals surface area contributed by atoms with Crippen LogP contribution in [0.2, 0.25) is 0 Å². The van der Waals surface area contributed by atoms with Crippen LogP contribution in [-0.4, -0.2) is 38.1 Å². The molecule has 4 aromatic carbocycles. The minimum absolute atomic E-state index is 0.143. The van der Waals surface area contributed by atoms with Crippen molar-refractivity contribution in [3.8, 4) is 11.5 Å². The van der Waals surface area contributed by atoms with E-state index in [4.69, 9.17) is 9.47 Å². The van der Waals surface area contributed by atoms with Gasteiger partial charge in [0, 0.05) is 35.6 Å². The van der Waals surface area contributed by atoms with Crippen molar-refractivity contribution in [2.75, 3.05) is 36.1 Å². The molecule has 6 nitrogen and oxygen atoms in total. The van der Waals surface area contributed by atoms with E-state index in [1.165, 1.54) is 0 Å². The van der Waals surface area contributed by atoms with Crippen molar-refractivity contribution in [3.63, 3.8) is 0 Å². The van der Waals surface area contributed by atoms with Crippen LogP contribution in [0, 0.1) is 0 Å². The molecule has 0 unspecified atom stereocenters. The number of carbonyl (C=O) groups is 2. The molecule has 0 heterocycles. The molecule has 0 aliphatic rings. The lowest BCUT2D eigenvalue weighted by Crippen LogP contribution is -2.41. The Morgan fingerprint density at radius 3 is 1.21 bits per heavy atom. The van der Waals surface area contributed by atoms with Crippen molar-refractivity contribution >= 4 is 23.2 Å². The van der Waals surface area contributed by atoms with Gasteiger partial charge in [0.15, 0.2) is 0 Å². The summed E-state index contributed by atoms with van der Waals surface area (Å²) in [4.78, 5) is 31.1. The van der Waals surface area contributed by atoms with E-state index in [2.05, 4.69) is 13.8 Å². The maximum absolute atomic E-state index is 13.8. The van der Waals surface area contributed by atoms with Gasteiger partial charge in [-0.2, -0.15) is 0 Å². The van der Waals surface area contributed by atoms with Crippen molar-refractivity contribution in [2.24, 2.45) is 0 Å². The Labute approximate surface area is 249 Å². The molecule has 0 spiro atoms. The Balaban J connectivity index is 1.55. The number of para-hydroxylation sites is 2. The molecular formula is C36H40N2O4. The average molecular weight is 565 g/mol. The molecule has 42 heavy (non-hydrogen) atoms. The predicted molar refractivity (Wildman–Crippen MR) is 170 cm³/mol. The van der Waals surface area contributed by atoms with Gasteiger partial charge in [0.25, 0.3) is 11.8 Å². The van der Waals surface area contributed by atoms with Gasteiger partial charge in [0.2, 0.25) is 0 Å². The third-order valence-corrected chi connectivity index (χ3v) is 6.91. The molecule has 0 bridgehead atoms. The van der Waals surface area contributed by atoms with Gasteiger partial charge in [0.05, 0.1) is 13.2 Å². The molecule has 0 N–H and O–H groups in total. The molecule has 0 aliphatic carbocycles. The summed E-state index contributed by atoms with van der Waals surface area (Å²) < 4.78 is 11.6. The number of amides is 2. The third-order valence-electron chi connectivity index (χ3n) is 6.91. The van der Waals surface area contributed by atoms with Crippen LogP contribution in [0.15, 0.2) is 109 Å². The highest BCUT2D eigenvalue weighted by molar-refractivity contribution is 6.08. The maximum Gasteiger partial charge on any atom is 0.258 e. The zero-order chi connectivity index (χ0) is 29.6. The third kappa shape index (κ3) is 8.46. The summed E-state index contributed by atoms with van der Waals surface area (Å²) in [6, 6.07) is 33.6. The first kappa shape index (κ1) is 30.4. The minimum atomic E-state index is -0.143. The number of hydrogen-bond acceptors (Lipinski definition) is 4. The van der Waals surface area contributed by atoms with E-state index in [-0.39, 0.29) is 11.8 Å². The Hall–Kier alpha value is -4.58. The topological polar surface area (TPSA) is 59.1 Å². The van der Waals surface area contributed by atoms with E-state index < -0.39 is 0 Å². The summed E-state index contributed by atoms with van der Waals surface area (Å²) in [6.45, 7) is 6.15. The minimum Gasteiger partial charge on any atom is -0.494 e.